The molecule has 1 N–H and O–H groups in total. The second-order valence-corrected chi connectivity index (χ2v) is 6.97. The Labute approximate surface area is 130 Å². The Morgan fingerprint density at radius 3 is 2.77 bits per heavy atom. The van der Waals surface area contributed by atoms with Gasteiger partial charge in [0, 0.05) is 23.8 Å². The molecule has 1 aliphatic heterocycles. The zero-order valence-electron chi connectivity index (χ0n) is 13.0. The van der Waals surface area contributed by atoms with E-state index in [0.29, 0.717) is 24.8 Å². The molecule has 0 spiro atoms. The Kier molecular flexibility index (Phi) is 3.44. The lowest BCUT2D eigenvalue weighted by Gasteiger charge is -2.54. The van der Waals surface area contributed by atoms with E-state index in [2.05, 4.69) is 13.2 Å². The van der Waals surface area contributed by atoms with Gasteiger partial charge >= 0.3 is 11.9 Å². The predicted molar refractivity (Wildman–Crippen MR) is 78.7 cm³/mol. The fraction of sp³-hybridized carbons (Fsp3) is 0.647. The van der Waals surface area contributed by atoms with Crippen LogP contribution in [-0.2, 0) is 19.1 Å². The number of aliphatic hydroxyl groups excluding tert-OH is 1. The SMILES string of the molecule is C=C1C(=O)O[C@H]2[C@H]1[C@H](OC(C)=O)C[C@@]1(C)[C@H](O)CCC(=C)[C@H]21. The van der Waals surface area contributed by atoms with E-state index >= 15 is 0 Å². The summed E-state index contributed by atoms with van der Waals surface area (Å²) in [5, 5.41) is 10.5. The van der Waals surface area contributed by atoms with Crippen LogP contribution in [0.3, 0.4) is 0 Å². The molecule has 0 bridgehead atoms. The van der Waals surface area contributed by atoms with E-state index in [1.165, 1.54) is 6.92 Å². The monoisotopic (exact) mass is 306 g/mol. The lowest BCUT2D eigenvalue weighted by molar-refractivity contribution is -0.176. The van der Waals surface area contributed by atoms with Gasteiger partial charge < -0.3 is 14.6 Å². The summed E-state index contributed by atoms with van der Waals surface area (Å²) >= 11 is 0. The van der Waals surface area contributed by atoms with Gasteiger partial charge in [0.15, 0.2) is 0 Å². The lowest BCUT2D eigenvalue weighted by Crippen LogP contribution is -2.58. The molecular weight excluding hydrogens is 284 g/mol. The van der Waals surface area contributed by atoms with Gasteiger partial charge in [-0.3, -0.25) is 4.79 Å². The lowest BCUT2D eigenvalue weighted by atomic mass is 9.53. The maximum Gasteiger partial charge on any atom is 0.334 e. The Bertz CT molecular complexity index is 565. The van der Waals surface area contributed by atoms with Crippen LogP contribution in [0.1, 0.15) is 33.1 Å². The van der Waals surface area contributed by atoms with Crippen molar-refractivity contribution in [1.29, 1.82) is 0 Å². The third-order valence-electron chi connectivity index (χ3n) is 5.60. The van der Waals surface area contributed by atoms with Crippen LogP contribution in [0.15, 0.2) is 24.3 Å². The first-order valence-corrected chi connectivity index (χ1v) is 7.68. The van der Waals surface area contributed by atoms with Crippen molar-refractivity contribution in [3.63, 3.8) is 0 Å². The molecule has 1 heterocycles. The number of aliphatic hydroxyl groups is 1. The first kappa shape index (κ1) is 15.3. The summed E-state index contributed by atoms with van der Waals surface area (Å²) in [4.78, 5) is 23.4. The molecule has 0 aromatic carbocycles. The van der Waals surface area contributed by atoms with Crippen LogP contribution in [0, 0.1) is 17.3 Å². The Morgan fingerprint density at radius 2 is 2.14 bits per heavy atom. The molecule has 0 amide bonds. The van der Waals surface area contributed by atoms with Gasteiger partial charge in [0.05, 0.1) is 12.0 Å². The molecule has 120 valence electrons. The molecule has 0 aromatic heterocycles. The normalized spacial score (nSPS) is 44.1. The van der Waals surface area contributed by atoms with Crippen LogP contribution in [0.25, 0.3) is 0 Å². The Hall–Kier alpha value is -1.62. The number of ether oxygens (including phenoxy) is 2. The molecule has 5 heteroatoms. The fourth-order valence-electron chi connectivity index (χ4n) is 4.56. The molecule has 2 aliphatic carbocycles. The van der Waals surface area contributed by atoms with E-state index < -0.39 is 35.7 Å². The van der Waals surface area contributed by atoms with Gasteiger partial charge in [-0.25, -0.2) is 4.79 Å². The van der Waals surface area contributed by atoms with Crippen molar-refractivity contribution in [2.24, 2.45) is 17.3 Å². The number of hydrogen-bond acceptors (Lipinski definition) is 5. The van der Waals surface area contributed by atoms with Crippen molar-refractivity contribution < 1.29 is 24.2 Å². The zero-order chi connectivity index (χ0) is 16.2. The average molecular weight is 306 g/mol. The van der Waals surface area contributed by atoms with E-state index in [0.717, 1.165) is 5.57 Å². The van der Waals surface area contributed by atoms with Crippen molar-refractivity contribution in [1.82, 2.24) is 0 Å². The zero-order valence-corrected chi connectivity index (χ0v) is 13.0. The van der Waals surface area contributed by atoms with Crippen LogP contribution < -0.4 is 0 Å². The standard InChI is InChI=1S/C17H22O5/c1-8-5-6-12(19)17(4)7-11(21-10(3)18)13-9(2)16(20)22-15(13)14(8)17/h11-15,19H,1-2,5-7H2,3-4H3/t11-,12-,13-,14-,15+,17+/m1/s1. The minimum Gasteiger partial charge on any atom is -0.462 e. The number of hydrogen-bond donors (Lipinski definition) is 1. The minimum absolute atomic E-state index is 0.128. The molecule has 3 rings (SSSR count). The molecule has 5 nitrogen and oxygen atoms in total. The first-order valence-electron chi connectivity index (χ1n) is 7.68. The van der Waals surface area contributed by atoms with Crippen LogP contribution in [0.5, 0.6) is 0 Å². The topological polar surface area (TPSA) is 72.8 Å². The first-order chi connectivity index (χ1) is 10.3. The number of rotatable bonds is 1. The predicted octanol–water partition coefficient (Wildman–Crippen LogP) is 1.75. The van der Waals surface area contributed by atoms with Gasteiger partial charge in [-0.15, -0.1) is 0 Å². The summed E-state index contributed by atoms with van der Waals surface area (Å²) in [6.45, 7) is 11.3. The second-order valence-electron chi connectivity index (χ2n) is 6.97. The summed E-state index contributed by atoms with van der Waals surface area (Å²) in [7, 11) is 0. The molecule has 6 atom stereocenters. The van der Waals surface area contributed by atoms with Crippen LogP contribution >= 0.6 is 0 Å². The van der Waals surface area contributed by atoms with Gasteiger partial charge in [0.2, 0.25) is 0 Å². The molecule has 22 heavy (non-hydrogen) atoms. The van der Waals surface area contributed by atoms with Gasteiger partial charge in [0.1, 0.15) is 12.2 Å². The van der Waals surface area contributed by atoms with Gasteiger partial charge in [-0.05, 0) is 19.3 Å². The molecule has 0 radical (unpaired) electrons. The highest BCUT2D eigenvalue weighted by molar-refractivity contribution is 5.91. The van der Waals surface area contributed by atoms with E-state index in [1.807, 2.05) is 6.92 Å². The smallest absolute Gasteiger partial charge is 0.334 e. The van der Waals surface area contributed by atoms with Crippen molar-refractivity contribution >= 4 is 11.9 Å². The highest BCUT2D eigenvalue weighted by Gasteiger charge is 2.62. The fourth-order valence-corrected chi connectivity index (χ4v) is 4.56. The molecule has 1 saturated heterocycles. The van der Waals surface area contributed by atoms with E-state index in [1.54, 1.807) is 0 Å². The quantitative estimate of drug-likeness (QED) is 0.454. The summed E-state index contributed by atoms with van der Waals surface area (Å²) in [6.07, 6.45) is 0.342. The average Bonchev–Trinajstić information content (AvgIpc) is 2.70. The van der Waals surface area contributed by atoms with Crippen molar-refractivity contribution in [2.45, 2.75) is 51.4 Å². The third-order valence-corrected chi connectivity index (χ3v) is 5.60. The highest BCUT2D eigenvalue weighted by atomic mass is 16.6. The molecule has 2 saturated carbocycles. The summed E-state index contributed by atoms with van der Waals surface area (Å²) in [5.74, 6) is -1.32. The molecule has 0 unspecified atom stereocenters. The second kappa shape index (κ2) is 4.95. The number of carbonyl (C=O) groups is 2. The number of esters is 2. The minimum atomic E-state index is -0.533. The van der Waals surface area contributed by atoms with Crippen LogP contribution in [-0.4, -0.2) is 35.4 Å². The van der Waals surface area contributed by atoms with Gasteiger partial charge in [0.25, 0.3) is 0 Å². The maximum absolute atomic E-state index is 12.0. The molecule has 0 aromatic rings. The van der Waals surface area contributed by atoms with Crippen molar-refractivity contribution in [2.75, 3.05) is 0 Å². The highest BCUT2D eigenvalue weighted by Crippen LogP contribution is 2.57. The molecule has 3 aliphatic rings. The van der Waals surface area contributed by atoms with E-state index in [-0.39, 0.29) is 11.8 Å². The van der Waals surface area contributed by atoms with E-state index in [4.69, 9.17) is 9.47 Å². The molecular formula is C17H22O5. The van der Waals surface area contributed by atoms with Gasteiger partial charge in [-0.2, -0.15) is 0 Å². The van der Waals surface area contributed by atoms with Gasteiger partial charge in [-0.1, -0.05) is 25.7 Å². The summed E-state index contributed by atoms with van der Waals surface area (Å²) in [5.41, 5.74) is 0.833. The Morgan fingerprint density at radius 1 is 1.45 bits per heavy atom. The summed E-state index contributed by atoms with van der Waals surface area (Å²) < 4.78 is 11.0. The van der Waals surface area contributed by atoms with Crippen molar-refractivity contribution in [3.8, 4) is 0 Å². The Balaban J connectivity index is 2.04. The van der Waals surface area contributed by atoms with Crippen molar-refractivity contribution in [3.05, 3.63) is 24.3 Å². The van der Waals surface area contributed by atoms with Crippen LogP contribution in [0.2, 0.25) is 0 Å². The number of fused-ring (bicyclic) bond motifs is 3. The number of carbonyl (C=O) groups excluding carboxylic acids is 2. The third kappa shape index (κ3) is 2.02. The largest absolute Gasteiger partial charge is 0.462 e. The van der Waals surface area contributed by atoms with Crippen LogP contribution in [0.4, 0.5) is 0 Å². The maximum atomic E-state index is 12.0. The van der Waals surface area contributed by atoms with E-state index in [9.17, 15) is 14.7 Å². The molecule has 3 fully saturated rings. The summed E-state index contributed by atoms with van der Waals surface area (Å²) in [6, 6.07) is 0.